The van der Waals surface area contributed by atoms with Gasteiger partial charge in [0, 0.05) is 5.69 Å². The van der Waals surface area contributed by atoms with Crippen molar-refractivity contribution in [2.24, 2.45) is 5.92 Å². The summed E-state index contributed by atoms with van der Waals surface area (Å²) < 4.78 is 36.9. The summed E-state index contributed by atoms with van der Waals surface area (Å²) in [5, 5.41) is 1.25. The molecule has 1 aromatic rings. The number of halogens is 1. The van der Waals surface area contributed by atoms with Crippen LogP contribution in [0.25, 0.3) is 0 Å². The van der Waals surface area contributed by atoms with Crippen LogP contribution in [0.2, 0.25) is 0 Å². The molecule has 20 heavy (non-hydrogen) atoms. The van der Waals surface area contributed by atoms with Crippen LogP contribution in [-0.2, 0) is 14.6 Å². The average molecular weight is 302 g/mol. The molecular formula is C13H19FN2O3S. The molecule has 0 radical (unpaired) electrons. The fourth-order valence-corrected chi connectivity index (χ4v) is 3.24. The van der Waals surface area contributed by atoms with Crippen LogP contribution in [0.5, 0.6) is 0 Å². The maximum Gasteiger partial charge on any atom is 0.242 e. The Morgan fingerprint density at radius 3 is 2.45 bits per heavy atom. The molecule has 0 fully saturated rings. The van der Waals surface area contributed by atoms with Gasteiger partial charge in [-0.1, -0.05) is 13.8 Å². The van der Waals surface area contributed by atoms with Crippen molar-refractivity contribution in [2.45, 2.75) is 26.0 Å². The molecule has 0 saturated carbocycles. The Labute approximate surface area is 118 Å². The number of nitrogens with two attached hydrogens (primary N) is 1. The molecule has 0 heterocycles. The van der Waals surface area contributed by atoms with E-state index in [1.807, 2.05) is 0 Å². The van der Waals surface area contributed by atoms with Gasteiger partial charge in [-0.3, -0.25) is 4.79 Å². The van der Waals surface area contributed by atoms with Crippen molar-refractivity contribution in [1.29, 1.82) is 0 Å². The van der Waals surface area contributed by atoms with E-state index < -0.39 is 26.8 Å². The first-order valence-electron chi connectivity index (χ1n) is 6.21. The monoisotopic (exact) mass is 302 g/mol. The summed E-state index contributed by atoms with van der Waals surface area (Å²) in [6.07, 6.45) is 0. The zero-order chi connectivity index (χ0) is 15.5. The Hall–Kier alpha value is -1.63. The molecule has 7 heteroatoms. The number of nitrogens with one attached hydrogen (secondary N) is 1. The molecule has 0 aliphatic heterocycles. The van der Waals surface area contributed by atoms with Crippen LogP contribution in [0.1, 0.15) is 20.8 Å². The number of anilines is 2. The summed E-state index contributed by atoms with van der Waals surface area (Å²) in [4.78, 5) is 11.9. The van der Waals surface area contributed by atoms with Crippen molar-refractivity contribution in [1.82, 2.24) is 0 Å². The molecule has 0 spiro atoms. The van der Waals surface area contributed by atoms with E-state index in [1.54, 1.807) is 13.8 Å². The maximum atomic E-state index is 13.0. The highest BCUT2D eigenvalue weighted by Gasteiger charge is 2.28. The molecule has 5 nitrogen and oxygen atoms in total. The van der Waals surface area contributed by atoms with E-state index in [-0.39, 0.29) is 23.0 Å². The fraction of sp³-hybridized carbons (Fsp3) is 0.462. The van der Waals surface area contributed by atoms with E-state index >= 15 is 0 Å². The third-order valence-corrected chi connectivity index (χ3v) is 5.16. The Morgan fingerprint density at radius 1 is 1.35 bits per heavy atom. The van der Waals surface area contributed by atoms with Gasteiger partial charge in [-0.05, 0) is 31.0 Å². The highest BCUT2D eigenvalue weighted by Crippen LogP contribution is 2.17. The second-order valence-electron chi connectivity index (χ2n) is 5.09. The lowest BCUT2D eigenvalue weighted by atomic mass is 10.2. The van der Waals surface area contributed by atoms with Crippen molar-refractivity contribution in [2.75, 3.05) is 16.8 Å². The van der Waals surface area contributed by atoms with Gasteiger partial charge in [-0.15, -0.1) is 0 Å². The number of sulfone groups is 1. The minimum absolute atomic E-state index is 0.0586. The molecule has 3 N–H and O–H groups in total. The molecule has 0 saturated heterocycles. The van der Waals surface area contributed by atoms with Gasteiger partial charge in [0.1, 0.15) is 11.1 Å². The lowest BCUT2D eigenvalue weighted by molar-refractivity contribution is -0.115. The van der Waals surface area contributed by atoms with Gasteiger partial charge in [0.25, 0.3) is 0 Å². The van der Waals surface area contributed by atoms with Crippen LogP contribution in [-0.4, -0.2) is 25.3 Å². The van der Waals surface area contributed by atoms with Gasteiger partial charge in [-0.2, -0.15) is 0 Å². The smallest absolute Gasteiger partial charge is 0.242 e. The van der Waals surface area contributed by atoms with E-state index in [0.717, 1.165) is 6.07 Å². The largest absolute Gasteiger partial charge is 0.396 e. The number of carbonyl (C=O) groups excluding carboxylic acids is 1. The lowest BCUT2D eigenvalue weighted by Crippen LogP contribution is -2.35. The van der Waals surface area contributed by atoms with Crippen LogP contribution in [0.15, 0.2) is 18.2 Å². The average Bonchev–Trinajstić information content (AvgIpc) is 2.31. The van der Waals surface area contributed by atoms with Gasteiger partial charge >= 0.3 is 0 Å². The Balaban J connectivity index is 2.82. The lowest BCUT2D eigenvalue weighted by Gasteiger charge is -2.15. The number of amides is 1. The third-order valence-electron chi connectivity index (χ3n) is 2.74. The minimum atomic E-state index is -3.51. The molecule has 1 aromatic carbocycles. The summed E-state index contributed by atoms with van der Waals surface area (Å²) in [5.74, 6) is -1.37. The molecule has 0 aromatic heterocycles. The van der Waals surface area contributed by atoms with Crippen molar-refractivity contribution in [3.05, 3.63) is 24.0 Å². The summed E-state index contributed by atoms with van der Waals surface area (Å²) in [5.41, 5.74) is 5.53. The standard InChI is InChI=1S/C13H19FN2O3S/c1-8(2)7-20(18,19)9(3)13(17)16-10-4-5-11(14)12(15)6-10/h4-6,8-9H,7,15H2,1-3H3,(H,16,17). The highest BCUT2D eigenvalue weighted by atomic mass is 32.2. The van der Waals surface area contributed by atoms with Gasteiger partial charge in [0.05, 0.1) is 11.4 Å². The zero-order valence-corrected chi connectivity index (χ0v) is 12.5. The molecule has 1 amide bonds. The molecule has 1 rings (SSSR count). The van der Waals surface area contributed by atoms with Crippen molar-refractivity contribution >= 4 is 27.1 Å². The Morgan fingerprint density at radius 2 is 1.95 bits per heavy atom. The predicted octanol–water partition coefficient (Wildman–Crippen LogP) is 1.81. The SMILES string of the molecule is CC(C)CS(=O)(=O)C(C)C(=O)Nc1ccc(F)c(N)c1. The number of hydrogen-bond donors (Lipinski definition) is 2. The second-order valence-corrected chi connectivity index (χ2v) is 7.46. The number of benzene rings is 1. The second kappa shape index (κ2) is 6.21. The van der Waals surface area contributed by atoms with E-state index in [0.29, 0.717) is 0 Å². The predicted molar refractivity (Wildman–Crippen MR) is 77.5 cm³/mol. The molecule has 1 atom stereocenters. The molecule has 0 aliphatic carbocycles. The van der Waals surface area contributed by atoms with Crippen LogP contribution < -0.4 is 11.1 Å². The van der Waals surface area contributed by atoms with E-state index in [9.17, 15) is 17.6 Å². The Bertz CT molecular complexity index is 600. The summed E-state index contributed by atoms with van der Waals surface area (Å²) in [6, 6.07) is 3.68. The molecule has 0 bridgehead atoms. The normalized spacial score (nSPS) is 13.2. The first-order valence-corrected chi connectivity index (χ1v) is 7.92. The highest BCUT2D eigenvalue weighted by molar-refractivity contribution is 7.92. The van der Waals surface area contributed by atoms with E-state index in [1.165, 1.54) is 19.1 Å². The topological polar surface area (TPSA) is 89.3 Å². The first-order chi connectivity index (χ1) is 9.13. The van der Waals surface area contributed by atoms with Crippen molar-refractivity contribution in [3.8, 4) is 0 Å². The van der Waals surface area contributed by atoms with Crippen LogP contribution in [0.4, 0.5) is 15.8 Å². The van der Waals surface area contributed by atoms with Crippen LogP contribution in [0.3, 0.4) is 0 Å². The number of nitrogen functional groups attached to an aromatic ring is 1. The van der Waals surface area contributed by atoms with Gasteiger partial charge in [-0.25, -0.2) is 12.8 Å². The quantitative estimate of drug-likeness (QED) is 0.812. The number of carbonyl (C=O) groups is 1. The summed E-state index contributed by atoms with van der Waals surface area (Å²) in [7, 11) is -3.51. The van der Waals surface area contributed by atoms with E-state index in [2.05, 4.69) is 5.32 Å². The van der Waals surface area contributed by atoms with Gasteiger partial charge in [0.15, 0.2) is 9.84 Å². The fourth-order valence-electron chi connectivity index (χ4n) is 1.64. The molecule has 0 aliphatic rings. The van der Waals surface area contributed by atoms with Gasteiger partial charge in [0.2, 0.25) is 5.91 Å². The Kier molecular flexibility index (Phi) is 5.10. The van der Waals surface area contributed by atoms with Gasteiger partial charge < -0.3 is 11.1 Å². The van der Waals surface area contributed by atoms with Crippen LogP contribution in [0, 0.1) is 11.7 Å². The maximum absolute atomic E-state index is 13.0. The summed E-state index contributed by atoms with van der Waals surface area (Å²) in [6.45, 7) is 4.87. The molecular weight excluding hydrogens is 283 g/mol. The van der Waals surface area contributed by atoms with Crippen molar-refractivity contribution < 1.29 is 17.6 Å². The van der Waals surface area contributed by atoms with E-state index in [4.69, 9.17) is 5.73 Å². The number of rotatable bonds is 5. The minimum Gasteiger partial charge on any atom is -0.396 e. The third kappa shape index (κ3) is 4.19. The zero-order valence-electron chi connectivity index (χ0n) is 11.7. The van der Waals surface area contributed by atoms with Crippen LogP contribution >= 0.6 is 0 Å². The number of hydrogen-bond acceptors (Lipinski definition) is 4. The molecule has 1 unspecified atom stereocenters. The molecule has 112 valence electrons. The first kappa shape index (κ1) is 16.4. The summed E-state index contributed by atoms with van der Waals surface area (Å²) >= 11 is 0. The van der Waals surface area contributed by atoms with Crippen molar-refractivity contribution in [3.63, 3.8) is 0 Å².